The summed E-state index contributed by atoms with van der Waals surface area (Å²) in [6, 6.07) is 15.6. The first kappa shape index (κ1) is 45.7. The lowest BCUT2D eigenvalue weighted by molar-refractivity contribution is -0.134. The normalized spacial score (nSPS) is 20.6. The minimum Gasteiger partial charge on any atom is -0.478 e. The van der Waals surface area contributed by atoms with Gasteiger partial charge in [0, 0.05) is 47.0 Å². The number of nitrogens with zero attached hydrogens (tertiary/aromatic N) is 6. The van der Waals surface area contributed by atoms with Crippen LogP contribution in [0.2, 0.25) is 10.0 Å². The summed E-state index contributed by atoms with van der Waals surface area (Å²) >= 11 is 11.9. The van der Waals surface area contributed by atoms with Gasteiger partial charge in [-0.25, -0.2) is 29.1 Å². The largest absolute Gasteiger partial charge is 0.478 e. The molecule has 16 heteroatoms. The van der Waals surface area contributed by atoms with Gasteiger partial charge in [-0.2, -0.15) is 0 Å². The van der Waals surface area contributed by atoms with Crippen LogP contribution in [0.5, 0.6) is 0 Å². The van der Waals surface area contributed by atoms with E-state index in [-0.39, 0.29) is 23.1 Å². The van der Waals surface area contributed by atoms with Gasteiger partial charge < -0.3 is 19.7 Å². The molecule has 2 aromatic heterocycles. The number of halogens is 2. The molecule has 6 rings (SSSR count). The number of hydrogen-bond donors (Lipinski definition) is 2. The molecule has 2 aliphatic heterocycles. The molecule has 0 bridgehead atoms. The van der Waals surface area contributed by atoms with E-state index in [0.29, 0.717) is 25.4 Å². The van der Waals surface area contributed by atoms with Crippen molar-refractivity contribution in [1.82, 2.24) is 28.9 Å². The summed E-state index contributed by atoms with van der Waals surface area (Å²) in [4.78, 5) is 56.7. The van der Waals surface area contributed by atoms with Crippen molar-refractivity contribution >= 4 is 47.2 Å². The van der Waals surface area contributed by atoms with Crippen molar-refractivity contribution in [1.29, 1.82) is 0 Å². The number of carbonyl (C=O) groups excluding carboxylic acids is 2. The number of amides is 2. The topological polar surface area (TPSA) is 169 Å². The van der Waals surface area contributed by atoms with Crippen molar-refractivity contribution in [2.75, 3.05) is 13.2 Å². The maximum Gasteiger partial charge on any atom is 0.332 e. The number of hydrogen-bond acceptors (Lipinski definition) is 8. The number of carbonyl (C=O) groups is 4. The lowest BCUT2D eigenvalue weighted by Crippen LogP contribution is -2.55. The van der Waals surface area contributed by atoms with Gasteiger partial charge in [0.1, 0.15) is 24.1 Å². The summed E-state index contributed by atoms with van der Waals surface area (Å²) in [6.07, 6.45) is 16.0. The lowest BCUT2D eigenvalue weighted by Gasteiger charge is -2.40. The second kappa shape index (κ2) is 19.6. The fourth-order valence-electron chi connectivity index (χ4n) is 7.15. The lowest BCUT2D eigenvalue weighted by atomic mass is 9.99. The highest BCUT2D eigenvalue weighted by Crippen LogP contribution is 2.40. The number of aryl methyl sites for hydroxylation is 2. The molecule has 0 spiro atoms. The zero-order valence-corrected chi connectivity index (χ0v) is 35.2. The molecule has 4 heterocycles. The molecule has 2 saturated heterocycles. The molecule has 58 heavy (non-hydrogen) atoms. The van der Waals surface area contributed by atoms with Crippen LogP contribution >= 0.6 is 23.2 Å². The Morgan fingerprint density at radius 2 is 0.983 bits per heavy atom. The molecular formula is C42H52Cl2N6O8. The summed E-state index contributed by atoms with van der Waals surface area (Å²) in [7, 11) is 0. The van der Waals surface area contributed by atoms with Gasteiger partial charge in [0.05, 0.1) is 24.3 Å². The van der Waals surface area contributed by atoms with E-state index in [2.05, 4.69) is 9.97 Å². The van der Waals surface area contributed by atoms with Crippen molar-refractivity contribution < 1.29 is 38.9 Å². The first-order chi connectivity index (χ1) is 27.3. The number of rotatable bonds is 10. The Labute approximate surface area is 349 Å². The van der Waals surface area contributed by atoms with Gasteiger partial charge in [0.25, 0.3) is 0 Å². The average Bonchev–Trinajstić information content (AvgIpc) is 3.97. The molecule has 2 N–H and O–H groups in total. The molecular weight excluding hydrogens is 787 g/mol. The van der Waals surface area contributed by atoms with Gasteiger partial charge in [0.15, 0.2) is 0 Å². The van der Waals surface area contributed by atoms with Crippen LogP contribution < -0.4 is 0 Å². The molecule has 14 nitrogen and oxygen atoms in total. The maximum atomic E-state index is 13.0. The third-order valence-electron chi connectivity index (χ3n) is 9.87. The molecule has 2 atom stereocenters. The molecule has 0 saturated carbocycles. The van der Waals surface area contributed by atoms with Crippen molar-refractivity contribution in [3.63, 3.8) is 0 Å². The van der Waals surface area contributed by atoms with Crippen LogP contribution in [0, 0.1) is 0 Å². The summed E-state index contributed by atoms with van der Waals surface area (Å²) in [5.41, 5.74) is 0.483. The maximum absolute atomic E-state index is 13.0. The average molecular weight is 840 g/mol. The summed E-state index contributed by atoms with van der Waals surface area (Å²) in [5.74, 6) is -2.51. The van der Waals surface area contributed by atoms with Crippen molar-refractivity contribution in [2.24, 2.45) is 0 Å². The van der Waals surface area contributed by atoms with E-state index in [1.54, 1.807) is 24.8 Å². The van der Waals surface area contributed by atoms with Gasteiger partial charge in [-0.05, 0) is 115 Å². The zero-order valence-electron chi connectivity index (χ0n) is 33.7. The van der Waals surface area contributed by atoms with Crippen LogP contribution in [-0.4, -0.2) is 98.9 Å². The van der Waals surface area contributed by atoms with Gasteiger partial charge in [-0.15, -0.1) is 0 Å². The van der Waals surface area contributed by atoms with Crippen LogP contribution in [0.25, 0.3) is 0 Å². The first-order valence-corrected chi connectivity index (χ1v) is 19.6. The SMILES string of the molecule is CC1(C)CO[C@@](C)(CCCc2ccc(Cl)cc2)N1C(=O)n1ccnc1.CC1(C)CO[C@@](C)(CCCc2ccc(Cl)cc2)N1C(=O)n1ccnc1.O=C(O)/C=C/C(=O)O. The highest BCUT2D eigenvalue weighted by atomic mass is 35.5. The van der Waals surface area contributed by atoms with Gasteiger partial charge in [-0.1, -0.05) is 47.5 Å². The second-order valence-corrected chi connectivity index (χ2v) is 16.6. The van der Waals surface area contributed by atoms with E-state index in [1.807, 2.05) is 99.9 Å². The minimum atomic E-state index is -1.26. The number of benzene rings is 2. The van der Waals surface area contributed by atoms with Crippen molar-refractivity contribution in [2.45, 2.75) is 103 Å². The van der Waals surface area contributed by atoms with E-state index >= 15 is 0 Å². The van der Waals surface area contributed by atoms with Crippen LogP contribution in [0.1, 0.15) is 78.4 Å². The zero-order chi connectivity index (χ0) is 42.7. The smallest absolute Gasteiger partial charge is 0.332 e. The fourth-order valence-corrected chi connectivity index (χ4v) is 7.41. The molecule has 0 radical (unpaired) electrons. The van der Waals surface area contributed by atoms with Gasteiger partial charge >= 0.3 is 24.0 Å². The Balaban J connectivity index is 0.000000217. The Morgan fingerprint density at radius 1 is 0.638 bits per heavy atom. The van der Waals surface area contributed by atoms with E-state index in [0.717, 1.165) is 48.6 Å². The van der Waals surface area contributed by atoms with E-state index in [4.69, 9.17) is 42.9 Å². The molecule has 4 aromatic rings. The van der Waals surface area contributed by atoms with Gasteiger partial charge in [-0.3, -0.25) is 18.9 Å². The minimum absolute atomic E-state index is 0.103. The summed E-state index contributed by atoms with van der Waals surface area (Å²) < 4.78 is 15.2. The molecule has 2 aromatic carbocycles. The number of aliphatic carboxylic acids is 2. The third-order valence-corrected chi connectivity index (χ3v) is 10.4. The quantitative estimate of drug-likeness (QED) is 0.148. The first-order valence-electron chi connectivity index (χ1n) is 18.8. The van der Waals surface area contributed by atoms with Crippen molar-refractivity contribution in [3.05, 3.63) is 119 Å². The number of ether oxygens (including phenoxy) is 2. The predicted molar refractivity (Wildman–Crippen MR) is 220 cm³/mol. The molecule has 312 valence electrons. The van der Waals surface area contributed by atoms with Crippen LogP contribution in [0.15, 0.2) is 98.1 Å². The van der Waals surface area contributed by atoms with E-state index < -0.39 is 23.4 Å². The predicted octanol–water partition coefficient (Wildman–Crippen LogP) is 8.42. The number of carboxylic acid groups (broad SMARTS) is 2. The molecule has 2 aliphatic rings. The third kappa shape index (κ3) is 12.2. The molecule has 0 aliphatic carbocycles. The Bertz CT molecular complexity index is 1860. The van der Waals surface area contributed by atoms with Crippen LogP contribution in [-0.2, 0) is 31.9 Å². The molecule has 0 unspecified atom stereocenters. The molecule has 2 fully saturated rings. The summed E-state index contributed by atoms with van der Waals surface area (Å²) in [5, 5.41) is 17.1. The highest BCUT2D eigenvalue weighted by molar-refractivity contribution is 6.30. The molecule has 2 amide bonds. The Hall–Kier alpha value is -5.02. The van der Waals surface area contributed by atoms with Gasteiger partial charge in [0.2, 0.25) is 0 Å². The Kier molecular flexibility index (Phi) is 15.5. The monoisotopic (exact) mass is 838 g/mol. The van der Waals surface area contributed by atoms with Crippen LogP contribution in [0.3, 0.4) is 0 Å². The number of imidazole rings is 2. The highest BCUT2D eigenvalue weighted by Gasteiger charge is 2.52. The van der Waals surface area contributed by atoms with E-state index in [1.165, 1.54) is 32.9 Å². The van der Waals surface area contributed by atoms with E-state index in [9.17, 15) is 19.2 Å². The number of carboxylic acids is 2. The summed E-state index contributed by atoms with van der Waals surface area (Å²) in [6.45, 7) is 13.2. The second-order valence-electron chi connectivity index (χ2n) is 15.7. The van der Waals surface area contributed by atoms with Crippen molar-refractivity contribution in [3.8, 4) is 0 Å². The Morgan fingerprint density at radius 3 is 1.28 bits per heavy atom. The van der Waals surface area contributed by atoms with Crippen LogP contribution in [0.4, 0.5) is 9.59 Å². The fraction of sp³-hybridized carbons (Fsp3) is 0.429. The standard InChI is InChI=1S/2C19H24ClN3O2.C4H4O4/c2*1-18(2)13-25-19(3,23(18)17(24)22-12-11-21-14-22)10-4-5-15-6-8-16(20)9-7-15;5-3(6)1-2-4(7)8/h2*6-9,11-12,14H,4-5,10,13H2,1-3H3;1-2H,(H,5,6)(H,7,8)/b;;2-1+/t2*19-;/m00./s1. The number of aromatic nitrogens is 4.